The fraction of sp³-hybridized carbons (Fsp3) is 0.450. The maximum atomic E-state index is 12.4. The van der Waals surface area contributed by atoms with Crippen LogP contribution in [0.25, 0.3) is 0 Å². The van der Waals surface area contributed by atoms with Gasteiger partial charge in [0.05, 0.1) is 13.2 Å². The Morgan fingerprint density at radius 2 is 2.15 bits per heavy atom. The van der Waals surface area contributed by atoms with Crippen LogP contribution in [0.3, 0.4) is 0 Å². The highest BCUT2D eigenvalue weighted by molar-refractivity contribution is 5.94. The van der Waals surface area contributed by atoms with Crippen LogP contribution in [0.15, 0.2) is 36.7 Å². The van der Waals surface area contributed by atoms with E-state index in [-0.39, 0.29) is 12.0 Å². The van der Waals surface area contributed by atoms with Crippen molar-refractivity contribution in [3.63, 3.8) is 0 Å². The standard InChI is InChI=1S/C20H26N4O3/c1-3-24(4-2)18-6-5-15(12-22-18)13-23-20(25)16-7-9-21-19(11-16)27-17-8-10-26-14-17/h5-7,9,11-12,17H,3-4,8,10,13-14H2,1-2H3,(H,23,25). The van der Waals surface area contributed by atoms with E-state index >= 15 is 0 Å². The number of carbonyl (C=O) groups excluding carboxylic acids is 1. The number of nitrogens with one attached hydrogen (secondary N) is 1. The highest BCUT2D eigenvalue weighted by atomic mass is 16.5. The first-order chi connectivity index (χ1) is 13.2. The van der Waals surface area contributed by atoms with Crippen LogP contribution in [0.2, 0.25) is 0 Å². The summed E-state index contributed by atoms with van der Waals surface area (Å²) in [6.07, 6.45) is 4.23. The Bertz CT molecular complexity index is 741. The van der Waals surface area contributed by atoms with Crippen molar-refractivity contribution in [2.75, 3.05) is 31.2 Å². The molecule has 1 aliphatic rings. The molecule has 0 saturated carbocycles. The van der Waals surface area contributed by atoms with Crippen molar-refractivity contribution in [3.05, 3.63) is 47.8 Å². The molecule has 0 radical (unpaired) electrons. The number of hydrogen-bond acceptors (Lipinski definition) is 6. The zero-order chi connectivity index (χ0) is 19.1. The Morgan fingerprint density at radius 1 is 1.30 bits per heavy atom. The van der Waals surface area contributed by atoms with Gasteiger partial charge in [-0.05, 0) is 31.5 Å². The maximum Gasteiger partial charge on any atom is 0.251 e. The van der Waals surface area contributed by atoms with Crippen molar-refractivity contribution < 1.29 is 14.3 Å². The monoisotopic (exact) mass is 370 g/mol. The van der Waals surface area contributed by atoms with E-state index in [1.807, 2.05) is 12.1 Å². The molecule has 0 aromatic carbocycles. The summed E-state index contributed by atoms with van der Waals surface area (Å²) in [5, 5.41) is 2.91. The van der Waals surface area contributed by atoms with Gasteiger partial charge in [-0.1, -0.05) is 6.07 Å². The van der Waals surface area contributed by atoms with Crippen LogP contribution in [0.5, 0.6) is 5.88 Å². The van der Waals surface area contributed by atoms with Crippen LogP contribution in [0.1, 0.15) is 36.2 Å². The van der Waals surface area contributed by atoms with Gasteiger partial charge in [-0.25, -0.2) is 9.97 Å². The molecule has 3 rings (SSSR count). The van der Waals surface area contributed by atoms with Crippen molar-refractivity contribution in [1.82, 2.24) is 15.3 Å². The third kappa shape index (κ3) is 5.17. The summed E-state index contributed by atoms with van der Waals surface area (Å²) in [4.78, 5) is 23.3. The molecular formula is C20H26N4O3. The molecule has 3 heterocycles. The molecule has 0 aliphatic carbocycles. The van der Waals surface area contributed by atoms with Gasteiger partial charge in [0, 0.05) is 50.1 Å². The molecular weight excluding hydrogens is 344 g/mol. The van der Waals surface area contributed by atoms with E-state index in [2.05, 4.69) is 34.0 Å². The van der Waals surface area contributed by atoms with Crippen LogP contribution in [0.4, 0.5) is 5.82 Å². The zero-order valence-corrected chi connectivity index (χ0v) is 15.9. The lowest BCUT2D eigenvalue weighted by molar-refractivity contribution is 0.0949. The summed E-state index contributed by atoms with van der Waals surface area (Å²) < 4.78 is 11.0. The molecule has 1 unspecified atom stereocenters. The Labute approximate surface area is 159 Å². The minimum atomic E-state index is -0.169. The molecule has 0 bridgehead atoms. The summed E-state index contributed by atoms with van der Waals surface area (Å²) in [6.45, 7) is 7.72. The molecule has 7 nitrogen and oxygen atoms in total. The summed E-state index contributed by atoms with van der Waals surface area (Å²) in [6, 6.07) is 7.31. The topological polar surface area (TPSA) is 76.6 Å². The lowest BCUT2D eigenvalue weighted by Gasteiger charge is -2.19. The van der Waals surface area contributed by atoms with Gasteiger partial charge in [-0.3, -0.25) is 4.79 Å². The molecule has 0 spiro atoms. The highest BCUT2D eigenvalue weighted by Gasteiger charge is 2.18. The van der Waals surface area contributed by atoms with Crippen molar-refractivity contribution >= 4 is 11.7 Å². The second-order valence-electron chi connectivity index (χ2n) is 6.37. The summed E-state index contributed by atoms with van der Waals surface area (Å²) in [5.41, 5.74) is 1.47. The fourth-order valence-electron chi connectivity index (χ4n) is 2.93. The number of rotatable bonds is 8. The van der Waals surface area contributed by atoms with E-state index in [0.29, 0.717) is 31.2 Å². The van der Waals surface area contributed by atoms with Gasteiger partial charge in [0.15, 0.2) is 0 Å². The predicted molar refractivity (Wildman–Crippen MR) is 103 cm³/mol. The van der Waals surface area contributed by atoms with Crippen LogP contribution in [-0.4, -0.2) is 48.3 Å². The zero-order valence-electron chi connectivity index (χ0n) is 15.9. The molecule has 2 aromatic rings. The van der Waals surface area contributed by atoms with Gasteiger partial charge >= 0.3 is 0 Å². The summed E-state index contributed by atoms with van der Waals surface area (Å²) >= 11 is 0. The largest absolute Gasteiger partial charge is 0.472 e. The molecule has 144 valence electrons. The van der Waals surface area contributed by atoms with Gasteiger partial charge in [-0.15, -0.1) is 0 Å². The van der Waals surface area contributed by atoms with E-state index in [1.54, 1.807) is 24.5 Å². The number of pyridine rings is 2. The second kappa shape index (κ2) is 9.32. The van der Waals surface area contributed by atoms with Gasteiger partial charge in [-0.2, -0.15) is 0 Å². The normalized spacial score (nSPS) is 16.1. The summed E-state index contributed by atoms with van der Waals surface area (Å²) in [5.74, 6) is 1.23. The SMILES string of the molecule is CCN(CC)c1ccc(CNC(=O)c2ccnc(OC3CCOC3)c2)cn1. The van der Waals surface area contributed by atoms with Gasteiger partial charge < -0.3 is 19.7 Å². The Hall–Kier alpha value is -2.67. The van der Waals surface area contributed by atoms with E-state index in [4.69, 9.17) is 9.47 Å². The van der Waals surface area contributed by atoms with Crippen LogP contribution >= 0.6 is 0 Å². The van der Waals surface area contributed by atoms with Gasteiger partial charge in [0.1, 0.15) is 11.9 Å². The predicted octanol–water partition coefficient (Wildman–Crippen LogP) is 2.42. The number of ether oxygens (including phenoxy) is 2. The lowest BCUT2D eigenvalue weighted by Crippen LogP contribution is -2.24. The quantitative estimate of drug-likeness (QED) is 0.769. The molecule has 1 fully saturated rings. The Kier molecular flexibility index (Phi) is 6.59. The van der Waals surface area contributed by atoms with Gasteiger partial charge in [0.2, 0.25) is 5.88 Å². The molecule has 1 saturated heterocycles. The minimum Gasteiger partial charge on any atom is -0.472 e. The van der Waals surface area contributed by atoms with E-state index in [0.717, 1.165) is 30.9 Å². The molecule has 1 atom stereocenters. The number of amides is 1. The first kappa shape index (κ1) is 19.1. The maximum absolute atomic E-state index is 12.4. The van der Waals surface area contributed by atoms with Crippen LogP contribution in [0, 0.1) is 0 Å². The first-order valence-corrected chi connectivity index (χ1v) is 9.38. The third-order valence-electron chi connectivity index (χ3n) is 4.52. The fourth-order valence-corrected chi connectivity index (χ4v) is 2.93. The number of nitrogens with zero attached hydrogens (tertiary/aromatic N) is 3. The smallest absolute Gasteiger partial charge is 0.251 e. The molecule has 1 N–H and O–H groups in total. The van der Waals surface area contributed by atoms with Crippen molar-refractivity contribution in [2.45, 2.75) is 32.9 Å². The average molecular weight is 370 g/mol. The first-order valence-electron chi connectivity index (χ1n) is 9.38. The molecule has 1 aliphatic heterocycles. The van der Waals surface area contributed by atoms with E-state index < -0.39 is 0 Å². The number of hydrogen-bond donors (Lipinski definition) is 1. The van der Waals surface area contributed by atoms with Crippen molar-refractivity contribution in [2.24, 2.45) is 0 Å². The molecule has 27 heavy (non-hydrogen) atoms. The summed E-state index contributed by atoms with van der Waals surface area (Å²) in [7, 11) is 0. The Morgan fingerprint density at radius 3 is 2.81 bits per heavy atom. The average Bonchev–Trinajstić information content (AvgIpc) is 3.21. The Balaban J connectivity index is 1.55. The number of aromatic nitrogens is 2. The highest BCUT2D eigenvalue weighted by Crippen LogP contribution is 2.16. The number of carbonyl (C=O) groups is 1. The van der Waals surface area contributed by atoms with E-state index in [9.17, 15) is 4.79 Å². The minimum absolute atomic E-state index is 0.00575. The lowest BCUT2D eigenvalue weighted by atomic mass is 10.2. The van der Waals surface area contributed by atoms with E-state index in [1.165, 1.54) is 0 Å². The van der Waals surface area contributed by atoms with Crippen molar-refractivity contribution in [3.8, 4) is 5.88 Å². The second-order valence-corrected chi connectivity index (χ2v) is 6.37. The van der Waals surface area contributed by atoms with Gasteiger partial charge in [0.25, 0.3) is 5.91 Å². The number of anilines is 1. The molecule has 7 heteroatoms. The molecule has 2 aromatic heterocycles. The third-order valence-corrected chi connectivity index (χ3v) is 4.52. The van der Waals surface area contributed by atoms with Crippen LogP contribution < -0.4 is 15.0 Å². The van der Waals surface area contributed by atoms with Crippen molar-refractivity contribution in [1.29, 1.82) is 0 Å². The molecule has 1 amide bonds. The van der Waals surface area contributed by atoms with Crippen LogP contribution in [-0.2, 0) is 11.3 Å².